The number of aromatic nitrogens is 4. The second-order valence-electron chi connectivity index (χ2n) is 5.66. The Kier molecular flexibility index (Phi) is 4.66. The summed E-state index contributed by atoms with van der Waals surface area (Å²) in [6.45, 7) is 4.48. The highest BCUT2D eigenvalue weighted by atomic mass is 16.5. The number of hydrogen-bond acceptors (Lipinski definition) is 5. The first-order valence-corrected chi connectivity index (χ1v) is 7.81. The summed E-state index contributed by atoms with van der Waals surface area (Å²) in [6, 6.07) is 5.61. The first-order chi connectivity index (χ1) is 11.2. The molecule has 0 aliphatic carbocycles. The van der Waals surface area contributed by atoms with Crippen LogP contribution >= 0.6 is 0 Å². The average Bonchev–Trinajstić information content (AvgIpc) is 2.99. The van der Waals surface area contributed by atoms with Crippen LogP contribution in [0.25, 0.3) is 0 Å². The summed E-state index contributed by atoms with van der Waals surface area (Å²) in [7, 11) is 1.68. The van der Waals surface area contributed by atoms with Crippen LogP contribution in [0.3, 0.4) is 0 Å². The maximum Gasteiger partial charge on any atom is 0.228 e. The summed E-state index contributed by atoms with van der Waals surface area (Å²) in [5, 5.41) is 8.43. The summed E-state index contributed by atoms with van der Waals surface area (Å²) in [5.41, 5.74) is 2.74. The summed E-state index contributed by atoms with van der Waals surface area (Å²) in [4.78, 5) is 18.6. The number of pyridine rings is 1. The Hall–Kier alpha value is -2.28. The van der Waals surface area contributed by atoms with Crippen LogP contribution in [-0.2, 0) is 29.0 Å². The van der Waals surface area contributed by atoms with Crippen LogP contribution in [-0.4, -0.2) is 51.0 Å². The number of nitrogens with zero attached hydrogens (tertiary/aromatic N) is 5. The Bertz CT molecular complexity index is 670. The lowest BCUT2D eigenvalue weighted by molar-refractivity contribution is -0.132. The molecule has 23 heavy (non-hydrogen) atoms. The van der Waals surface area contributed by atoms with E-state index >= 15 is 0 Å². The van der Waals surface area contributed by atoms with Crippen molar-refractivity contribution in [2.75, 3.05) is 20.3 Å². The van der Waals surface area contributed by atoms with Gasteiger partial charge in [0.15, 0.2) is 0 Å². The van der Waals surface area contributed by atoms with E-state index in [4.69, 9.17) is 4.74 Å². The molecule has 0 N–H and O–H groups in total. The van der Waals surface area contributed by atoms with Gasteiger partial charge >= 0.3 is 0 Å². The van der Waals surface area contributed by atoms with Crippen molar-refractivity contribution in [2.45, 2.75) is 32.4 Å². The highest BCUT2D eigenvalue weighted by Gasteiger charge is 2.32. The smallest absolute Gasteiger partial charge is 0.228 e. The highest BCUT2D eigenvalue weighted by molar-refractivity contribution is 5.78. The Labute approximate surface area is 135 Å². The molecule has 0 radical (unpaired) electrons. The average molecular weight is 315 g/mol. The van der Waals surface area contributed by atoms with Crippen LogP contribution < -0.4 is 0 Å². The number of carbonyl (C=O) groups excluding carboxylic acids is 1. The number of carbonyl (C=O) groups is 1. The molecule has 2 aromatic rings. The standard InChI is InChI=1S/C16H21N5O2/c1-3-21-16-12(11-23-2)9-20(10-14(16)18-19-21)15(22)8-13-6-4-5-7-17-13/h4-7,12H,3,8-11H2,1-2H3/t12-/m0/s1. The second kappa shape index (κ2) is 6.87. The van der Waals surface area contributed by atoms with E-state index in [-0.39, 0.29) is 11.8 Å². The first-order valence-electron chi connectivity index (χ1n) is 7.81. The third-order valence-electron chi connectivity index (χ3n) is 4.09. The molecule has 1 aliphatic rings. The molecule has 0 fully saturated rings. The van der Waals surface area contributed by atoms with Gasteiger partial charge in [0.05, 0.1) is 25.3 Å². The number of methoxy groups -OCH3 is 1. The molecule has 7 heteroatoms. The van der Waals surface area contributed by atoms with Gasteiger partial charge in [-0.2, -0.15) is 0 Å². The molecular formula is C16H21N5O2. The van der Waals surface area contributed by atoms with Crippen molar-refractivity contribution >= 4 is 5.91 Å². The van der Waals surface area contributed by atoms with Gasteiger partial charge in [-0.05, 0) is 19.1 Å². The Morgan fingerprint density at radius 2 is 2.30 bits per heavy atom. The molecule has 0 bridgehead atoms. The monoisotopic (exact) mass is 315 g/mol. The van der Waals surface area contributed by atoms with Crippen LogP contribution in [0, 0.1) is 0 Å². The minimum Gasteiger partial charge on any atom is -0.384 e. The van der Waals surface area contributed by atoms with E-state index in [0.717, 1.165) is 23.6 Å². The van der Waals surface area contributed by atoms with Crippen molar-refractivity contribution in [3.8, 4) is 0 Å². The van der Waals surface area contributed by atoms with Gasteiger partial charge in [-0.25, -0.2) is 4.68 Å². The zero-order chi connectivity index (χ0) is 16.2. The van der Waals surface area contributed by atoms with E-state index in [1.165, 1.54) is 0 Å². The minimum atomic E-state index is 0.0569. The van der Waals surface area contributed by atoms with Gasteiger partial charge in [0.2, 0.25) is 5.91 Å². The predicted molar refractivity (Wildman–Crippen MR) is 83.7 cm³/mol. The lowest BCUT2D eigenvalue weighted by atomic mass is 9.98. The molecule has 122 valence electrons. The van der Waals surface area contributed by atoms with Gasteiger partial charge in [-0.3, -0.25) is 9.78 Å². The molecule has 3 rings (SSSR count). The molecular weight excluding hydrogens is 294 g/mol. The lowest BCUT2D eigenvalue weighted by Crippen LogP contribution is -2.41. The normalized spacial score (nSPS) is 17.1. The molecule has 7 nitrogen and oxygen atoms in total. The van der Waals surface area contributed by atoms with Crippen molar-refractivity contribution in [2.24, 2.45) is 0 Å². The molecule has 0 saturated carbocycles. The molecule has 0 unspecified atom stereocenters. The second-order valence-corrected chi connectivity index (χ2v) is 5.66. The fourth-order valence-electron chi connectivity index (χ4n) is 3.04. The van der Waals surface area contributed by atoms with Crippen molar-refractivity contribution in [3.63, 3.8) is 0 Å². The van der Waals surface area contributed by atoms with Crippen LogP contribution in [0.15, 0.2) is 24.4 Å². The minimum absolute atomic E-state index is 0.0569. The van der Waals surface area contributed by atoms with Crippen molar-refractivity contribution < 1.29 is 9.53 Å². The molecule has 0 aromatic carbocycles. The predicted octanol–water partition coefficient (Wildman–Crippen LogP) is 1.01. The lowest BCUT2D eigenvalue weighted by Gasteiger charge is -2.32. The summed E-state index contributed by atoms with van der Waals surface area (Å²) in [5.74, 6) is 0.160. The number of rotatable bonds is 5. The highest BCUT2D eigenvalue weighted by Crippen LogP contribution is 2.27. The largest absolute Gasteiger partial charge is 0.384 e. The zero-order valence-electron chi connectivity index (χ0n) is 13.5. The van der Waals surface area contributed by atoms with Gasteiger partial charge in [-0.1, -0.05) is 11.3 Å². The molecule has 0 spiro atoms. The van der Waals surface area contributed by atoms with Crippen LogP contribution in [0.2, 0.25) is 0 Å². The van der Waals surface area contributed by atoms with E-state index in [9.17, 15) is 4.79 Å². The third-order valence-corrected chi connectivity index (χ3v) is 4.09. The van der Waals surface area contributed by atoms with Gasteiger partial charge in [0, 0.05) is 38.0 Å². The maximum atomic E-state index is 12.6. The van der Waals surface area contributed by atoms with Crippen molar-refractivity contribution in [1.29, 1.82) is 0 Å². The van der Waals surface area contributed by atoms with E-state index in [2.05, 4.69) is 15.3 Å². The first kappa shape index (κ1) is 15.6. The molecule has 3 heterocycles. The van der Waals surface area contributed by atoms with E-state index in [1.807, 2.05) is 34.7 Å². The number of hydrogen-bond donors (Lipinski definition) is 0. The number of amides is 1. The third kappa shape index (κ3) is 3.24. The number of aryl methyl sites for hydroxylation is 1. The number of fused-ring (bicyclic) bond motifs is 1. The molecule has 2 aromatic heterocycles. The van der Waals surface area contributed by atoms with Gasteiger partial charge in [0.25, 0.3) is 0 Å². The SMILES string of the molecule is CCn1nnc2c1[C@H](COC)CN(C(=O)Cc1ccccn1)C2. The van der Waals surface area contributed by atoms with Crippen LogP contribution in [0.4, 0.5) is 0 Å². The van der Waals surface area contributed by atoms with Crippen molar-refractivity contribution in [3.05, 3.63) is 41.5 Å². The van der Waals surface area contributed by atoms with Gasteiger partial charge in [-0.15, -0.1) is 5.10 Å². The topological polar surface area (TPSA) is 73.1 Å². The van der Waals surface area contributed by atoms with Gasteiger partial charge < -0.3 is 9.64 Å². The zero-order valence-corrected chi connectivity index (χ0v) is 13.5. The summed E-state index contributed by atoms with van der Waals surface area (Å²) in [6.07, 6.45) is 2.01. The quantitative estimate of drug-likeness (QED) is 0.823. The fourth-order valence-corrected chi connectivity index (χ4v) is 3.04. The summed E-state index contributed by atoms with van der Waals surface area (Å²) >= 11 is 0. The summed E-state index contributed by atoms with van der Waals surface area (Å²) < 4.78 is 7.24. The molecule has 1 aliphatic heterocycles. The van der Waals surface area contributed by atoms with E-state index < -0.39 is 0 Å². The van der Waals surface area contributed by atoms with Gasteiger partial charge in [0.1, 0.15) is 5.69 Å². The maximum absolute atomic E-state index is 12.6. The van der Waals surface area contributed by atoms with Crippen LogP contribution in [0.5, 0.6) is 0 Å². The Morgan fingerprint density at radius 3 is 3.00 bits per heavy atom. The van der Waals surface area contributed by atoms with E-state index in [0.29, 0.717) is 26.1 Å². The van der Waals surface area contributed by atoms with Crippen LogP contribution in [0.1, 0.15) is 29.9 Å². The van der Waals surface area contributed by atoms with Crippen molar-refractivity contribution in [1.82, 2.24) is 24.9 Å². The molecule has 1 amide bonds. The fraction of sp³-hybridized carbons (Fsp3) is 0.500. The Morgan fingerprint density at radius 1 is 1.43 bits per heavy atom. The molecule has 0 saturated heterocycles. The molecule has 1 atom stereocenters. The van der Waals surface area contributed by atoms with E-state index in [1.54, 1.807) is 13.3 Å². The number of ether oxygens (including phenoxy) is 1. The Balaban J connectivity index is 1.78.